The summed E-state index contributed by atoms with van der Waals surface area (Å²) in [6, 6.07) is 8.15. The average molecular weight is 257 g/mol. The molecule has 100 valence electrons. The number of benzene rings is 1. The Labute approximate surface area is 113 Å². The summed E-state index contributed by atoms with van der Waals surface area (Å²) in [6.45, 7) is 2.85. The summed E-state index contributed by atoms with van der Waals surface area (Å²) >= 11 is 0. The van der Waals surface area contributed by atoms with Crippen molar-refractivity contribution in [3.63, 3.8) is 0 Å². The maximum absolute atomic E-state index is 5.58. The van der Waals surface area contributed by atoms with Crippen LogP contribution in [-0.2, 0) is 0 Å². The van der Waals surface area contributed by atoms with Gasteiger partial charge in [-0.3, -0.25) is 9.97 Å². The van der Waals surface area contributed by atoms with Gasteiger partial charge in [0.15, 0.2) is 0 Å². The Morgan fingerprint density at radius 3 is 2.58 bits per heavy atom. The molecule has 1 N–H and O–H groups in total. The molecule has 4 nitrogen and oxygen atoms in total. The van der Waals surface area contributed by atoms with Crippen LogP contribution in [0.4, 0.5) is 0 Å². The van der Waals surface area contributed by atoms with Crippen molar-refractivity contribution in [3.8, 4) is 5.75 Å². The van der Waals surface area contributed by atoms with Crippen molar-refractivity contribution in [2.24, 2.45) is 0 Å². The first-order valence-corrected chi connectivity index (χ1v) is 6.51. The molecule has 2 rings (SSSR count). The van der Waals surface area contributed by atoms with E-state index in [4.69, 9.17) is 4.74 Å². The first kappa shape index (κ1) is 13.5. The summed E-state index contributed by atoms with van der Waals surface area (Å²) in [7, 11) is 1.92. The molecule has 2 aromatic rings. The van der Waals surface area contributed by atoms with Crippen LogP contribution in [0.25, 0.3) is 0 Å². The number of hydrogen-bond donors (Lipinski definition) is 1. The Morgan fingerprint density at radius 2 is 2.00 bits per heavy atom. The van der Waals surface area contributed by atoms with Gasteiger partial charge in [0.25, 0.3) is 0 Å². The van der Waals surface area contributed by atoms with Gasteiger partial charge in [0.2, 0.25) is 0 Å². The molecule has 0 aliphatic rings. The topological polar surface area (TPSA) is 47.0 Å². The highest BCUT2D eigenvalue weighted by molar-refractivity contribution is 5.32. The van der Waals surface area contributed by atoms with Crippen LogP contribution >= 0.6 is 0 Å². The van der Waals surface area contributed by atoms with Crippen molar-refractivity contribution in [2.75, 3.05) is 13.7 Å². The van der Waals surface area contributed by atoms with E-state index < -0.39 is 0 Å². The van der Waals surface area contributed by atoms with E-state index >= 15 is 0 Å². The molecule has 0 saturated heterocycles. The van der Waals surface area contributed by atoms with E-state index in [1.165, 1.54) is 0 Å². The van der Waals surface area contributed by atoms with E-state index in [9.17, 15) is 0 Å². The molecule has 1 atom stereocenters. The van der Waals surface area contributed by atoms with Crippen LogP contribution in [0, 0.1) is 0 Å². The minimum Gasteiger partial charge on any atom is -0.494 e. The third-order valence-electron chi connectivity index (χ3n) is 2.85. The lowest BCUT2D eigenvalue weighted by molar-refractivity contribution is 0.317. The summed E-state index contributed by atoms with van der Waals surface area (Å²) in [5.41, 5.74) is 2.05. The molecule has 0 spiro atoms. The number of hydrogen-bond acceptors (Lipinski definition) is 4. The quantitative estimate of drug-likeness (QED) is 0.864. The van der Waals surface area contributed by atoms with Crippen LogP contribution in [-0.4, -0.2) is 23.6 Å². The molecule has 0 aliphatic heterocycles. The highest BCUT2D eigenvalue weighted by Gasteiger charge is 2.13. The van der Waals surface area contributed by atoms with Gasteiger partial charge in [-0.05, 0) is 31.2 Å². The average Bonchev–Trinajstić information content (AvgIpc) is 2.48. The zero-order valence-corrected chi connectivity index (χ0v) is 11.3. The fourth-order valence-electron chi connectivity index (χ4n) is 1.92. The Hall–Kier alpha value is -1.94. The molecule has 19 heavy (non-hydrogen) atoms. The molecular weight excluding hydrogens is 238 g/mol. The van der Waals surface area contributed by atoms with Gasteiger partial charge in [-0.25, -0.2) is 0 Å². The molecular formula is C15H19N3O. The van der Waals surface area contributed by atoms with Crippen LogP contribution in [0.5, 0.6) is 5.75 Å². The SMILES string of the molecule is CCCOc1ccc(C(NC)c2cnccn2)cc1. The molecule has 4 heteroatoms. The molecule has 0 aliphatic carbocycles. The molecule has 1 unspecified atom stereocenters. The van der Waals surface area contributed by atoms with E-state index in [-0.39, 0.29) is 6.04 Å². The lowest BCUT2D eigenvalue weighted by Gasteiger charge is -2.16. The van der Waals surface area contributed by atoms with Crippen LogP contribution in [0.2, 0.25) is 0 Å². The second kappa shape index (κ2) is 6.85. The fraction of sp³-hybridized carbons (Fsp3) is 0.333. The normalized spacial score (nSPS) is 12.1. The van der Waals surface area contributed by atoms with Crippen molar-refractivity contribution in [1.82, 2.24) is 15.3 Å². The Bertz CT molecular complexity index is 485. The van der Waals surface area contributed by atoms with Crippen molar-refractivity contribution in [3.05, 3.63) is 54.1 Å². The lowest BCUT2D eigenvalue weighted by Crippen LogP contribution is -2.18. The predicted molar refractivity (Wildman–Crippen MR) is 75.2 cm³/mol. The molecule has 1 aromatic heterocycles. The molecule has 0 fully saturated rings. The third-order valence-corrected chi connectivity index (χ3v) is 2.85. The highest BCUT2D eigenvalue weighted by atomic mass is 16.5. The minimum atomic E-state index is 0.0499. The van der Waals surface area contributed by atoms with Gasteiger partial charge in [0.05, 0.1) is 24.5 Å². The van der Waals surface area contributed by atoms with E-state index in [0.717, 1.165) is 30.0 Å². The molecule has 1 aromatic carbocycles. The Kier molecular flexibility index (Phi) is 4.86. The van der Waals surface area contributed by atoms with Crippen LogP contribution in [0.3, 0.4) is 0 Å². The van der Waals surface area contributed by atoms with E-state index in [1.54, 1.807) is 18.6 Å². The predicted octanol–water partition coefficient (Wildman–Crippen LogP) is 2.57. The zero-order chi connectivity index (χ0) is 13.5. The van der Waals surface area contributed by atoms with E-state index in [1.807, 2.05) is 19.2 Å². The number of nitrogens with one attached hydrogen (secondary N) is 1. The summed E-state index contributed by atoms with van der Waals surface area (Å²) in [6.07, 6.45) is 6.18. The van der Waals surface area contributed by atoms with Gasteiger partial charge in [-0.2, -0.15) is 0 Å². The summed E-state index contributed by atoms with van der Waals surface area (Å²) in [4.78, 5) is 8.45. The number of nitrogens with zero attached hydrogens (tertiary/aromatic N) is 2. The van der Waals surface area contributed by atoms with Gasteiger partial charge in [-0.15, -0.1) is 0 Å². The summed E-state index contributed by atoms with van der Waals surface area (Å²) in [5.74, 6) is 0.902. The molecule has 0 saturated carbocycles. The summed E-state index contributed by atoms with van der Waals surface area (Å²) < 4.78 is 5.58. The second-order valence-electron chi connectivity index (χ2n) is 4.27. The van der Waals surface area contributed by atoms with E-state index in [2.05, 4.69) is 34.3 Å². The van der Waals surface area contributed by atoms with Crippen LogP contribution < -0.4 is 10.1 Å². The molecule has 0 bridgehead atoms. The fourth-order valence-corrected chi connectivity index (χ4v) is 1.92. The monoisotopic (exact) mass is 257 g/mol. The third kappa shape index (κ3) is 3.51. The molecule has 1 heterocycles. The second-order valence-corrected chi connectivity index (χ2v) is 4.27. The number of rotatable bonds is 6. The van der Waals surface area contributed by atoms with Gasteiger partial charge in [0.1, 0.15) is 5.75 Å². The first-order valence-electron chi connectivity index (χ1n) is 6.51. The first-order chi connectivity index (χ1) is 9.35. The van der Waals surface area contributed by atoms with Crippen molar-refractivity contribution in [1.29, 1.82) is 0 Å². The maximum atomic E-state index is 5.58. The van der Waals surface area contributed by atoms with Crippen molar-refractivity contribution < 1.29 is 4.74 Å². The lowest BCUT2D eigenvalue weighted by atomic mass is 10.0. The smallest absolute Gasteiger partial charge is 0.119 e. The number of aromatic nitrogens is 2. The Morgan fingerprint density at radius 1 is 1.21 bits per heavy atom. The maximum Gasteiger partial charge on any atom is 0.119 e. The van der Waals surface area contributed by atoms with Gasteiger partial charge in [-0.1, -0.05) is 19.1 Å². The Balaban J connectivity index is 2.15. The zero-order valence-electron chi connectivity index (χ0n) is 11.3. The summed E-state index contributed by atoms with van der Waals surface area (Å²) in [5, 5.41) is 3.25. The van der Waals surface area contributed by atoms with Crippen molar-refractivity contribution in [2.45, 2.75) is 19.4 Å². The van der Waals surface area contributed by atoms with Gasteiger partial charge >= 0.3 is 0 Å². The minimum absolute atomic E-state index is 0.0499. The molecule has 0 radical (unpaired) electrons. The molecule has 0 amide bonds. The standard InChI is InChI=1S/C15H19N3O/c1-3-10-19-13-6-4-12(5-7-13)15(16-2)14-11-17-8-9-18-14/h4-9,11,15-16H,3,10H2,1-2H3. The van der Waals surface area contributed by atoms with E-state index in [0.29, 0.717) is 0 Å². The van der Waals surface area contributed by atoms with Gasteiger partial charge < -0.3 is 10.1 Å². The highest BCUT2D eigenvalue weighted by Crippen LogP contribution is 2.22. The van der Waals surface area contributed by atoms with Crippen molar-refractivity contribution >= 4 is 0 Å². The van der Waals surface area contributed by atoms with Crippen LogP contribution in [0.15, 0.2) is 42.9 Å². The largest absolute Gasteiger partial charge is 0.494 e. The number of ether oxygens (including phenoxy) is 1. The van der Waals surface area contributed by atoms with Crippen LogP contribution in [0.1, 0.15) is 30.6 Å². The van der Waals surface area contributed by atoms with Gasteiger partial charge in [0, 0.05) is 12.4 Å².